The van der Waals surface area contributed by atoms with Crippen molar-refractivity contribution in [3.05, 3.63) is 59.2 Å². The summed E-state index contributed by atoms with van der Waals surface area (Å²) in [5.74, 6) is -0.877. The van der Waals surface area contributed by atoms with E-state index in [-0.39, 0.29) is 19.0 Å². The van der Waals surface area contributed by atoms with E-state index in [2.05, 4.69) is 5.32 Å². The van der Waals surface area contributed by atoms with E-state index < -0.39 is 17.1 Å². The van der Waals surface area contributed by atoms with E-state index in [1.165, 1.54) is 0 Å². The standard InChI is InChI=1S/C21H21NO5/c1-21(2,14-5-4-6-16(10-14)26-3)11-18(23)19(24)22-15-7-8-17-13(9-15)12-27-20(17)25/h4-10H,11-12H2,1-3H3,(H,22,24). The molecular formula is C21H21NO5. The predicted molar refractivity (Wildman–Crippen MR) is 99.8 cm³/mol. The molecule has 6 heteroatoms. The molecule has 140 valence electrons. The summed E-state index contributed by atoms with van der Waals surface area (Å²) < 4.78 is 10.2. The Hall–Kier alpha value is -3.15. The van der Waals surface area contributed by atoms with Gasteiger partial charge in [-0.05, 0) is 41.3 Å². The molecule has 0 atom stereocenters. The van der Waals surface area contributed by atoms with Crippen molar-refractivity contribution in [2.75, 3.05) is 12.4 Å². The fourth-order valence-electron chi connectivity index (χ4n) is 3.04. The number of ketones is 1. The van der Waals surface area contributed by atoms with Crippen LogP contribution in [-0.4, -0.2) is 24.8 Å². The Morgan fingerprint density at radius 1 is 1.19 bits per heavy atom. The molecule has 0 fully saturated rings. The van der Waals surface area contributed by atoms with Gasteiger partial charge in [0, 0.05) is 17.7 Å². The molecule has 1 aliphatic heterocycles. The van der Waals surface area contributed by atoms with Gasteiger partial charge in [0.05, 0.1) is 12.7 Å². The second kappa shape index (κ2) is 7.23. The zero-order chi connectivity index (χ0) is 19.6. The Morgan fingerprint density at radius 2 is 1.96 bits per heavy atom. The fourth-order valence-corrected chi connectivity index (χ4v) is 3.04. The van der Waals surface area contributed by atoms with E-state index in [4.69, 9.17) is 9.47 Å². The number of esters is 1. The van der Waals surface area contributed by atoms with Gasteiger partial charge in [0.2, 0.25) is 5.78 Å². The van der Waals surface area contributed by atoms with E-state index in [9.17, 15) is 14.4 Å². The van der Waals surface area contributed by atoms with Gasteiger partial charge in [-0.15, -0.1) is 0 Å². The molecule has 1 N–H and O–H groups in total. The SMILES string of the molecule is COc1cccc(C(C)(C)CC(=O)C(=O)Nc2ccc3c(c2)COC3=O)c1. The average Bonchev–Trinajstić information content (AvgIpc) is 3.01. The van der Waals surface area contributed by atoms with Crippen LogP contribution in [0.3, 0.4) is 0 Å². The number of Topliss-reactive ketones (excluding diaryl/α,β-unsaturated/α-hetero) is 1. The molecule has 0 spiro atoms. The molecule has 1 heterocycles. The maximum absolute atomic E-state index is 12.5. The van der Waals surface area contributed by atoms with Crippen molar-refractivity contribution in [2.45, 2.75) is 32.3 Å². The second-order valence-corrected chi connectivity index (χ2v) is 7.12. The Bertz CT molecular complexity index is 917. The number of anilines is 1. The van der Waals surface area contributed by atoms with Crippen molar-refractivity contribution >= 4 is 23.3 Å². The van der Waals surface area contributed by atoms with Crippen molar-refractivity contribution in [1.29, 1.82) is 0 Å². The van der Waals surface area contributed by atoms with Gasteiger partial charge < -0.3 is 14.8 Å². The van der Waals surface area contributed by atoms with E-state index in [1.54, 1.807) is 25.3 Å². The number of cyclic esters (lactones) is 1. The summed E-state index contributed by atoms with van der Waals surface area (Å²) >= 11 is 0. The largest absolute Gasteiger partial charge is 0.497 e. The molecule has 0 bridgehead atoms. The van der Waals surface area contributed by atoms with Gasteiger partial charge in [-0.2, -0.15) is 0 Å². The van der Waals surface area contributed by atoms with Gasteiger partial charge in [-0.3, -0.25) is 9.59 Å². The number of benzene rings is 2. The van der Waals surface area contributed by atoms with Crippen LogP contribution in [0, 0.1) is 0 Å². The van der Waals surface area contributed by atoms with Gasteiger partial charge in [-0.25, -0.2) is 4.79 Å². The highest BCUT2D eigenvalue weighted by Gasteiger charge is 2.28. The first-order valence-corrected chi connectivity index (χ1v) is 8.59. The molecule has 27 heavy (non-hydrogen) atoms. The molecular weight excluding hydrogens is 346 g/mol. The molecule has 1 amide bonds. The lowest BCUT2D eigenvalue weighted by Gasteiger charge is -2.24. The van der Waals surface area contributed by atoms with E-state index in [0.717, 1.165) is 5.56 Å². The van der Waals surface area contributed by atoms with Crippen molar-refractivity contribution in [3.63, 3.8) is 0 Å². The number of methoxy groups -OCH3 is 1. The fraction of sp³-hybridized carbons (Fsp3) is 0.286. The highest BCUT2D eigenvalue weighted by molar-refractivity contribution is 6.40. The number of nitrogens with one attached hydrogen (secondary N) is 1. The molecule has 2 aromatic rings. The molecule has 2 aromatic carbocycles. The number of fused-ring (bicyclic) bond motifs is 1. The average molecular weight is 367 g/mol. The lowest BCUT2D eigenvalue weighted by molar-refractivity contribution is -0.135. The third-order valence-corrected chi connectivity index (χ3v) is 4.65. The number of carbonyl (C=O) groups is 3. The van der Waals surface area contributed by atoms with Gasteiger partial charge in [-0.1, -0.05) is 26.0 Å². The minimum Gasteiger partial charge on any atom is -0.497 e. The van der Waals surface area contributed by atoms with E-state index in [0.29, 0.717) is 22.6 Å². The molecule has 0 saturated heterocycles. The molecule has 0 radical (unpaired) electrons. The number of hydrogen-bond donors (Lipinski definition) is 1. The third-order valence-electron chi connectivity index (χ3n) is 4.65. The third kappa shape index (κ3) is 4.00. The number of amides is 1. The minimum absolute atomic E-state index is 0.0541. The topological polar surface area (TPSA) is 81.7 Å². The molecule has 0 saturated carbocycles. The molecule has 0 aromatic heterocycles. The summed E-state index contributed by atoms with van der Waals surface area (Å²) in [7, 11) is 1.58. The van der Waals surface area contributed by atoms with E-state index >= 15 is 0 Å². The van der Waals surface area contributed by atoms with Gasteiger partial charge in [0.15, 0.2) is 0 Å². The maximum Gasteiger partial charge on any atom is 0.338 e. The van der Waals surface area contributed by atoms with Crippen LogP contribution in [0.5, 0.6) is 5.75 Å². The molecule has 1 aliphatic rings. The van der Waals surface area contributed by atoms with Crippen LogP contribution in [0.4, 0.5) is 5.69 Å². The van der Waals surface area contributed by atoms with Crippen LogP contribution in [0.15, 0.2) is 42.5 Å². The zero-order valence-electron chi connectivity index (χ0n) is 15.5. The Morgan fingerprint density at radius 3 is 2.70 bits per heavy atom. The van der Waals surface area contributed by atoms with Crippen LogP contribution >= 0.6 is 0 Å². The molecule has 3 rings (SSSR count). The van der Waals surface area contributed by atoms with Crippen LogP contribution < -0.4 is 10.1 Å². The summed E-state index contributed by atoms with van der Waals surface area (Å²) in [6.07, 6.45) is 0.0541. The summed E-state index contributed by atoms with van der Waals surface area (Å²) in [5.41, 5.74) is 2.03. The Kier molecular flexibility index (Phi) is 4.99. The Labute approximate surface area is 157 Å². The lowest BCUT2D eigenvalue weighted by Crippen LogP contribution is -2.30. The van der Waals surface area contributed by atoms with Crippen LogP contribution in [0.1, 0.15) is 41.8 Å². The number of ether oxygens (including phenoxy) is 2. The van der Waals surface area contributed by atoms with Crippen LogP contribution in [-0.2, 0) is 26.3 Å². The van der Waals surface area contributed by atoms with Gasteiger partial charge >= 0.3 is 5.97 Å². The highest BCUT2D eigenvalue weighted by Crippen LogP contribution is 2.30. The normalized spacial score (nSPS) is 12.9. The first-order chi connectivity index (χ1) is 12.8. The molecule has 6 nitrogen and oxygen atoms in total. The smallest absolute Gasteiger partial charge is 0.338 e. The summed E-state index contributed by atoms with van der Waals surface area (Å²) in [6.45, 7) is 3.99. The second-order valence-electron chi connectivity index (χ2n) is 7.12. The number of rotatable bonds is 6. The first kappa shape index (κ1) is 18.6. The van der Waals surface area contributed by atoms with E-state index in [1.807, 2.05) is 38.1 Å². The minimum atomic E-state index is -0.684. The lowest BCUT2D eigenvalue weighted by atomic mass is 9.80. The summed E-state index contributed by atoms with van der Waals surface area (Å²) in [6, 6.07) is 12.3. The quantitative estimate of drug-likeness (QED) is 0.626. The summed E-state index contributed by atoms with van der Waals surface area (Å²) in [5, 5.41) is 2.60. The van der Waals surface area contributed by atoms with Crippen molar-refractivity contribution < 1.29 is 23.9 Å². The van der Waals surface area contributed by atoms with Crippen molar-refractivity contribution in [3.8, 4) is 5.75 Å². The van der Waals surface area contributed by atoms with Crippen molar-refractivity contribution in [1.82, 2.24) is 0 Å². The molecule has 0 unspecified atom stereocenters. The predicted octanol–water partition coefficient (Wildman–Crippen LogP) is 3.24. The van der Waals surface area contributed by atoms with Crippen molar-refractivity contribution in [2.24, 2.45) is 0 Å². The van der Waals surface area contributed by atoms with Crippen LogP contribution in [0.2, 0.25) is 0 Å². The monoisotopic (exact) mass is 367 g/mol. The number of carbonyl (C=O) groups excluding carboxylic acids is 3. The van der Waals surface area contributed by atoms with Crippen LogP contribution in [0.25, 0.3) is 0 Å². The van der Waals surface area contributed by atoms with Gasteiger partial charge in [0.1, 0.15) is 12.4 Å². The first-order valence-electron chi connectivity index (χ1n) is 8.59. The molecule has 0 aliphatic carbocycles. The zero-order valence-corrected chi connectivity index (χ0v) is 15.5. The highest BCUT2D eigenvalue weighted by atomic mass is 16.5. The Balaban J connectivity index is 1.68. The summed E-state index contributed by atoms with van der Waals surface area (Å²) in [4.78, 5) is 36.3. The number of hydrogen-bond acceptors (Lipinski definition) is 5. The maximum atomic E-state index is 12.5. The van der Waals surface area contributed by atoms with Gasteiger partial charge in [0.25, 0.3) is 5.91 Å².